The monoisotopic (exact) mass is 622 g/mol. The lowest BCUT2D eigenvalue weighted by Gasteiger charge is -2.27. The standard InChI is InChI=1S/C33H38N2O6S2/c1-22-29(40-2)18-27(19-30(22)41-3)33(37)28(17-24-15-25-7-4-5-8-26(25)16-24)21-35-13-12-23(20-35)10-11-31(36)34-43(38,39)32-9-6-14-42-32/h4-9,12-14,18-20,24,28,33,37H,10-11,15-17,21H2,1-3H3,(H,34,36)/t28-,33+/m0/s1. The molecule has 0 fully saturated rings. The van der Waals surface area contributed by atoms with Gasteiger partial charge in [0.15, 0.2) is 0 Å². The van der Waals surface area contributed by atoms with Gasteiger partial charge in [-0.05, 0) is 90.4 Å². The molecule has 1 amide bonds. The molecular formula is C33H38N2O6S2. The summed E-state index contributed by atoms with van der Waals surface area (Å²) in [5.74, 6) is 1.11. The van der Waals surface area contributed by atoms with Gasteiger partial charge in [0, 0.05) is 36.8 Å². The van der Waals surface area contributed by atoms with Crippen molar-refractivity contribution in [2.75, 3.05) is 14.2 Å². The summed E-state index contributed by atoms with van der Waals surface area (Å²) in [5, 5.41) is 13.4. The summed E-state index contributed by atoms with van der Waals surface area (Å²) in [6.07, 6.45) is 6.41. The minimum atomic E-state index is -3.84. The molecule has 2 aromatic heterocycles. The van der Waals surface area contributed by atoms with Crippen LogP contribution in [0.2, 0.25) is 0 Å². The molecule has 43 heavy (non-hydrogen) atoms. The Bertz CT molecular complexity index is 1610. The van der Waals surface area contributed by atoms with Crippen LogP contribution >= 0.6 is 11.3 Å². The zero-order chi connectivity index (χ0) is 30.6. The number of aryl methyl sites for hydroxylation is 1. The van der Waals surface area contributed by atoms with Crippen molar-refractivity contribution in [2.24, 2.45) is 11.8 Å². The van der Waals surface area contributed by atoms with Crippen molar-refractivity contribution in [1.82, 2.24) is 9.29 Å². The molecule has 0 unspecified atom stereocenters. The van der Waals surface area contributed by atoms with Crippen LogP contribution in [-0.2, 0) is 40.6 Å². The van der Waals surface area contributed by atoms with Crippen molar-refractivity contribution in [3.8, 4) is 11.5 Å². The van der Waals surface area contributed by atoms with Crippen LogP contribution in [0.5, 0.6) is 11.5 Å². The van der Waals surface area contributed by atoms with E-state index in [1.54, 1.807) is 25.7 Å². The maximum absolute atomic E-state index is 12.4. The number of carbonyl (C=O) groups excluding carboxylic acids is 1. The van der Waals surface area contributed by atoms with E-state index in [0.29, 0.717) is 30.4 Å². The molecule has 0 aliphatic heterocycles. The molecule has 10 heteroatoms. The van der Waals surface area contributed by atoms with E-state index in [-0.39, 0.29) is 16.5 Å². The van der Waals surface area contributed by atoms with E-state index in [1.807, 2.05) is 42.1 Å². The second-order valence-electron chi connectivity index (χ2n) is 11.2. The highest BCUT2D eigenvalue weighted by Gasteiger charge is 2.30. The Hall–Kier alpha value is -3.60. The molecule has 8 nitrogen and oxygen atoms in total. The average Bonchev–Trinajstić information content (AvgIpc) is 3.77. The Kier molecular flexibility index (Phi) is 9.59. The maximum Gasteiger partial charge on any atom is 0.273 e. The summed E-state index contributed by atoms with van der Waals surface area (Å²) >= 11 is 1.07. The van der Waals surface area contributed by atoms with Crippen LogP contribution < -0.4 is 14.2 Å². The quantitative estimate of drug-likeness (QED) is 0.205. The lowest BCUT2D eigenvalue weighted by molar-refractivity contribution is -0.119. The van der Waals surface area contributed by atoms with E-state index in [0.717, 1.165) is 47.3 Å². The van der Waals surface area contributed by atoms with Crippen molar-refractivity contribution >= 4 is 27.3 Å². The molecule has 0 saturated carbocycles. The third-order valence-electron chi connectivity index (χ3n) is 8.24. The van der Waals surface area contributed by atoms with Gasteiger partial charge in [0.05, 0.1) is 20.3 Å². The summed E-state index contributed by atoms with van der Waals surface area (Å²) in [6, 6.07) is 17.4. The molecule has 1 aliphatic rings. The van der Waals surface area contributed by atoms with E-state index < -0.39 is 22.0 Å². The van der Waals surface area contributed by atoms with Gasteiger partial charge in [-0.1, -0.05) is 30.3 Å². The van der Waals surface area contributed by atoms with Gasteiger partial charge < -0.3 is 19.1 Å². The predicted octanol–water partition coefficient (Wildman–Crippen LogP) is 5.47. The fourth-order valence-corrected chi connectivity index (χ4v) is 8.05. The smallest absolute Gasteiger partial charge is 0.273 e. The van der Waals surface area contributed by atoms with Crippen molar-refractivity contribution in [1.29, 1.82) is 0 Å². The summed E-state index contributed by atoms with van der Waals surface area (Å²) in [6.45, 7) is 2.51. The van der Waals surface area contributed by atoms with Crippen LogP contribution in [0.25, 0.3) is 0 Å². The second-order valence-corrected chi connectivity index (χ2v) is 14.1. The summed E-state index contributed by atoms with van der Waals surface area (Å²) in [7, 11) is -0.612. The number of nitrogens with zero attached hydrogens (tertiary/aromatic N) is 1. The van der Waals surface area contributed by atoms with E-state index in [1.165, 1.54) is 17.2 Å². The van der Waals surface area contributed by atoms with Gasteiger partial charge >= 0.3 is 0 Å². The highest BCUT2D eigenvalue weighted by atomic mass is 32.2. The number of nitrogens with one attached hydrogen (secondary N) is 1. The number of hydrogen-bond donors (Lipinski definition) is 2. The first kappa shape index (κ1) is 30.8. The highest BCUT2D eigenvalue weighted by Crippen LogP contribution is 2.39. The van der Waals surface area contributed by atoms with Gasteiger partial charge in [-0.25, -0.2) is 13.1 Å². The molecule has 0 saturated heterocycles. The minimum Gasteiger partial charge on any atom is -0.496 e. The first-order chi connectivity index (χ1) is 20.7. The third kappa shape index (κ3) is 7.31. The van der Waals surface area contributed by atoms with Gasteiger partial charge in [-0.15, -0.1) is 11.3 Å². The summed E-state index contributed by atoms with van der Waals surface area (Å²) in [4.78, 5) is 12.4. The van der Waals surface area contributed by atoms with Gasteiger partial charge in [0.1, 0.15) is 15.7 Å². The van der Waals surface area contributed by atoms with Crippen LogP contribution in [0.4, 0.5) is 0 Å². The number of hydrogen-bond acceptors (Lipinski definition) is 7. The number of aliphatic hydroxyl groups is 1. The molecule has 228 valence electrons. The zero-order valence-corrected chi connectivity index (χ0v) is 26.3. The molecule has 2 N–H and O–H groups in total. The lowest BCUT2D eigenvalue weighted by atomic mass is 9.85. The summed E-state index contributed by atoms with van der Waals surface area (Å²) in [5.41, 5.74) is 5.30. The van der Waals surface area contributed by atoms with Crippen molar-refractivity contribution < 1.29 is 27.8 Å². The van der Waals surface area contributed by atoms with Crippen molar-refractivity contribution in [3.63, 3.8) is 0 Å². The van der Waals surface area contributed by atoms with Gasteiger partial charge in [0.25, 0.3) is 10.0 Å². The highest BCUT2D eigenvalue weighted by molar-refractivity contribution is 7.92. The number of sulfonamides is 1. The fourth-order valence-electron chi connectivity index (χ4n) is 6.05. The number of rotatable bonds is 13. The molecule has 0 bridgehead atoms. The molecule has 4 aromatic rings. The second kappa shape index (κ2) is 13.4. The number of methoxy groups -OCH3 is 2. The molecule has 2 heterocycles. The molecule has 1 aliphatic carbocycles. The van der Waals surface area contributed by atoms with E-state index >= 15 is 0 Å². The molecule has 0 radical (unpaired) electrons. The van der Waals surface area contributed by atoms with Gasteiger partial charge in [-0.2, -0.15) is 0 Å². The molecular weight excluding hydrogens is 585 g/mol. The summed E-state index contributed by atoms with van der Waals surface area (Å²) < 4.78 is 40.2. The Morgan fingerprint density at radius 3 is 2.35 bits per heavy atom. The number of carbonyl (C=O) groups is 1. The van der Waals surface area contributed by atoms with E-state index in [2.05, 4.69) is 29.0 Å². The molecule has 2 aromatic carbocycles. The Balaban J connectivity index is 1.30. The Morgan fingerprint density at radius 2 is 1.74 bits per heavy atom. The van der Waals surface area contributed by atoms with Crippen LogP contribution in [0.1, 0.15) is 46.8 Å². The molecule has 2 atom stereocenters. The number of benzene rings is 2. The molecule has 0 spiro atoms. The van der Waals surface area contributed by atoms with Gasteiger partial charge in [0.2, 0.25) is 5.91 Å². The molecule has 5 rings (SSSR count). The van der Waals surface area contributed by atoms with E-state index in [4.69, 9.17) is 9.47 Å². The lowest BCUT2D eigenvalue weighted by Crippen LogP contribution is -2.30. The number of amides is 1. The first-order valence-electron chi connectivity index (χ1n) is 14.4. The number of ether oxygens (including phenoxy) is 2. The average molecular weight is 623 g/mol. The van der Waals surface area contributed by atoms with Crippen LogP contribution in [-0.4, -0.2) is 38.2 Å². The van der Waals surface area contributed by atoms with E-state index in [9.17, 15) is 18.3 Å². The topological polar surface area (TPSA) is 107 Å². The number of thiophene rings is 1. The largest absolute Gasteiger partial charge is 0.496 e. The van der Waals surface area contributed by atoms with Crippen molar-refractivity contribution in [2.45, 2.75) is 55.9 Å². The zero-order valence-electron chi connectivity index (χ0n) is 24.7. The number of fused-ring (bicyclic) bond motifs is 1. The Morgan fingerprint density at radius 1 is 1.07 bits per heavy atom. The van der Waals surface area contributed by atoms with Crippen molar-refractivity contribution in [3.05, 3.63) is 100 Å². The Labute approximate surface area is 257 Å². The SMILES string of the molecule is COc1cc([C@@H](O)[C@@H](CC2Cc3ccccc3C2)Cn2ccc(CCC(=O)NS(=O)(=O)c3cccs3)c2)cc(OC)c1C. The number of aliphatic hydroxyl groups excluding tert-OH is 1. The fraction of sp³-hybridized carbons (Fsp3) is 0.364. The first-order valence-corrected chi connectivity index (χ1v) is 16.7. The normalized spacial score (nSPS) is 14.7. The van der Waals surface area contributed by atoms with Crippen LogP contribution in [0.3, 0.4) is 0 Å². The predicted molar refractivity (Wildman–Crippen MR) is 167 cm³/mol. The van der Waals surface area contributed by atoms with Crippen LogP contribution in [0, 0.1) is 18.8 Å². The minimum absolute atomic E-state index is 0.0456. The van der Waals surface area contributed by atoms with Crippen LogP contribution in [0.15, 0.2) is 76.6 Å². The maximum atomic E-state index is 12.4. The third-order valence-corrected chi connectivity index (χ3v) is 11.0. The van der Waals surface area contributed by atoms with Gasteiger partial charge in [-0.3, -0.25) is 4.79 Å². The number of aromatic nitrogens is 1.